The van der Waals surface area contributed by atoms with Crippen LogP contribution in [0.1, 0.15) is 26.7 Å². The summed E-state index contributed by atoms with van der Waals surface area (Å²) in [6, 6.07) is 0.670. The number of likely N-dealkylation sites (N-methyl/N-ethyl adjacent to an activating group) is 1. The molecule has 2 unspecified atom stereocenters. The maximum absolute atomic E-state index is 5.51. The Kier molecular flexibility index (Phi) is 5.45. The maximum atomic E-state index is 5.51. The summed E-state index contributed by atoms with van der Waals surface area (Å²) in [5, 5.41) is 3.60. The van der Waals surface area contributed by atoms with Crippen LogP contribution in [0, 0.1) is 0 Å². The minimum absolute atomic E-state index is 0.435. The molecule has 0 radical (unpaired) electrons. The van der Waals surface area contributed by atoms with Crippen LogP contribution in [0.15, 0.2) is 0 Å². The third-order valence-electron chi connectivity index (χ3n) is 2.95. The Morgan fingerprint density at radius 2 is 2.29 bits per heavy atom. The predicted octanol–water partition coefficient (Wildman–Crippen LogP) is 1.10. The molecule has 14 heavy (non-hydrogen) atoms. The van der Waals surface area contributed by atoms with Gasteiger partial charge in [0, 0.05) is 25.7 Å². The van der Waals surface area contributed by atoms with Crippen LogP contribution >= 0.6 is 0 Å². The van der Waals surface area contributed by atoms with Crippen LogP contribution < -0.4 is 5.32 Å². The van der Waals surface area contributed by atoms with Crippen LogP contribution in [0.2, 0.25) is 0 Å². The maximum Gasteiger partial charge on any atom is 0.0561 e. The van der Waals surface area contributed by atoms with E-state index in [4.69, 9.17) is 4.74 Å². The molecule has 2 atom stereocenters. The van der Waals surface area contributed by atoms with Crippen molar-refractivity contribution in [3.8, 4) is 0 Å². The van der Waals surface area contributed by atoms with Gasteiger partial charge in [0.2, 0.25) is 0 Å². The van der Waals surface area contributed by atoms with E-state index in [2.05, 4.69) is 31.1 Å². The first kappa shape index (κ1) is 12.0. The average Bonchev–Trinajstić information content (AvgIpc) is 2.17. The summed E-state index contributed by atoms with van der Waals surface area (Å²) in [6.07, 6.45) is 2.76. The molecule has 3 heteroatoms. The lowest BCUT2D eigenvalue weighted by Crippen LogP contribution is -2.41. The molecule has 1 rings (SSSR count). The molecule has 1 heterocycles. The van der Waals surface area contributed by atoms with E-state index in [1.807, 2.05) is 0 Å². The van der Waals surface area contributed by atoms with Crippen molar-refractivity contribution in [1.29, 1.82) is 0 Å². The van der Waals surface area contributed by atoms with E-state index in [1.54, 1.807) is 0 Å². The molecule has 0 aromatic rings. The van der Waals surface area contributed by atoms with Crippen LogP contribution in [0.25, 0.3) is 0 Å². The fraction of sp³-hybridized carbons (Fsp3) is 1.00. The monoisotopic (exact) mass is 200 g/mol. The summed E-state index contributed by atoms with van der Waals surface area (Å²) >= 11 is 0. The van der Waals surface area contributed by atoms with Crippen molar-refractivity contribution >= 4 is 0 Å². The second kappa shape index (κ2) is 6.38. The Morgan fingerprint density at radius 3 is 2.93 bits per heavy atom. The smallest absolute Gasteiger partial charge is 0.0561 e. The van der Waals surface area contributed by atoms with Crippen molar-refractivity contribution in [3.05, 3.63) is 0 Å². The largest absolute Gasteiger partial charge is 0.378 e. The lowest BCUT2D eigenvalue weighted by Gasteiger charge is -2.28. The second-order valence-corrected chi connectivity index (χ2v) is 4.25. The predicted molar refractivity (Wildman–Crippen MR) is 59.6 cm³/mol. The molecule has 1 aliphatic heterocycles. The van der Waals surface area contributed by atoms with E-state index in [9.17, 15) is 0 Å². The number of nitrogens with zero attached hydrogens (tertiary/aromatic N) is 1. The van der Waals surface area contributed by atoms with Gasteiger partial charge in [-0.1, -0.05) is 6.92 Å². The SMILES string of the molecule is CCN(C)CCNC1CCOC(C)C1. The van der Waals surface area contributed by atoms with E-state index < -0.39 is 0 Å². The quantitative estimate of drug-likeness (QED) is 0.719. The fourth-order valence-electron chi connectivity index (χ4n) is 1.80. The Bertz CT molecular complexity index is 152. The Morgan fingerprint density at radius 1 is 1.50 bits per heavy atom. The molecule has 0 saturated carbocycles. The number of ether oxygens (including phenoxy) is 1. The highest BCUT2D eigenvalue weighted by Crippen LogP contribution is 2.12. The Balaban J connectivity index is 2.05. The zero-order valence-electron chi connectivity index (χ0n) is 9.75. The first-order valence-corrected chi connectivity index (χ1v) is 5.76. The standard InChI is InChI=1S/C11H24N2O/c1-4-13(3)7-6-12-11-5-8-14-10(2)9-11/h10-12H,4-9H2,1-3H3. The lowest BCUT2D eigenvalue weighted by molar-refractivity contribution is 0.0131. The molecule has 0 amide bonds. The van der Waals surface area contributed by atoms with Crippen molar-refractivity contribution < 1.29 is 4.74 Å². The summed E-state index contributed by atoms with van der Waals surface area (Å²) in [4.78, 5) is 2.33. The zero-order chi connectivity index (χ0) is 10.4. The zero-order valence-corrected chi connectivity index (χ0v) is 9.75. The number of rotatable bonds is 5. The van der Waals surface area contributed by atoms with Crippen molar-refractivity contribution in [2.75, 3.05) is 33.3 Å². The van der Waals surface area contributed by atoms with Gasteiger partial charge < -0.3 is 15.0 Å². The third-order valence-corrected chi connectivity index (χ3v) is 2.95. The van der Waals surface area contributed by atoms with E-state index in [0.717, 1.165) is 32.7 Å². The van der Waals surface area contributed by atoms with Crippen molar-refractivity contribution in [1.82, 2.24) is 10.2 Å². The van der Waals surface area contributed by atoms with Crippen molar-refractivity contribution in [2.45, 2.75) is 38.8 Å². The highest BCUT2D eigenvalue weighted by molar-refractivity contribution is 4.74. The highest BCUT2D eigenvalue weighted by atomic mass is 16.5. The molecule has 1 N–H and O–H groups in total. The topological polar surface area (TPSA) is 24.5 Å². The van der Waals surface area contributed by atoms with Gasteiger partial charge in [0.25, 0.3) is 0 Å². The molecule has 1 fully saturated rings. The van der Waals surface area contributed by atoms with Crippen LogP contribution in [0.4, 0.5) is 0 Å². The van der Waals surface area contributed by atoms with Crippen LogP contribution in [0.3, 0.4) is 0 Å². The van der Waals surface area contributed by atoms with Crippen molar-refractivity contribution in [2.24, 2.45) is 0 Å². The van der Waals surface area contributed by atoms with Gasteiger partial charge in [-0.05, 0) is 33.4 Å². The normalized spacial score (nSPS) is 28.3. The minimum Gasteiger partial charge on any atom is -0.378 e. The van der Waals surface area contributed by atoms with Crippen molar-refractivity contribution in [3.63, 3.8) is 0 Å². The molecule has 1 aliphatic rings. The van der Waals surface area contributed by atoms with Gasteiger partial charge in [-0.15, -0.1) is 0 Å². The molecule has 0 aromatic carbocycles. The molecule has 84 valence electrons. The number of hydrogen-bond donors (Lipinski definition) is 1. The molecule has 0 aliphatic carbocycles. The first-order valence-electron chi connectivity index (χ1n) is 5.76. The summed E-state index contributed by atoms with van der Waals surface area (Å²) in [7, 11) is 2.16. The van der Waals surface area contributed by atoms with Gasteiger partial charge in [-0.3, -0.25) is 0 Å². The van der Waals surface area contributed by atoms with Gasteiger partial charge in [-0.2, -0.15) is 0 Å². The third kappa shape index (κ3) is 4.40. The van der Waals surface area contributed by atoms with E-state index in [1.165, 1.54) is 6.42 Å². The van der Waals surface area contributed by atoms with Gasteiger partial charge in [0.05, 0.1) is 6.10 Å². The second-order valence-electron chi connectivity index (χ2n) is 4.25. The highest BCUT2D eigenvalue weighted by Gasteiger charge is 2.18. The van der Waals surface area contributed by atoms with Gasteiger partial charge in [-0.25, -0.2) is 0 Å². The Hall–Kier alpha value is -0.120. The fourth-order valence-corrected chi connectivity index (χ4v) is 1.80. The summed E-state index contributed by atoms with van der Waals surface area (Å²) in [6.45, 7) is 8.64. The van der Waals surface area contributed by atoms with Crippen LogP contribution in [0.5, 0.6) is 0 Å². The van der Waals surface area contributed by atoms with Crippen LogP contribution in [-0.4, -0.2) is 50.3 Å². The Labute approximate surface area is 87.8 Å². The number of hydrogen-bond acceptors (Lipinski definition) is 3. The van der Waals surface area contributed by atoms with E-state index >= 15 is 0 Å². The summed E-state index contributed by atoms with van der Waals surface area (Å²) in [5.74, 6) is 0. The minimum atomic E-state index is 0.435. The molecule has 0 bridgehead atoms. The van der Waals surface area contributed by atoms with Gasteiger partial charge >= 0.3 is 0 Å². The van der Waals surface area contributed by atoms with E-state index in [0.29, 0.717) is 12.1 Å². The molecule has 0 spiro atoms. The molecule has 1 saturated heterocycles. The van der Waals surface area contributed by atoms with E-state index in [-0.39, 0.29) is 0 Å². The van der Waals surface area contributed by atoms with Crippen LogP contribution in [-0.2, 0) is 4.74 Å². The van der Waals surface area contributed by atoms with Gasteiger partial charge in [0.1, 0.15) is 0 Å². The van der Waals surface area contributed by atoms with Gasteiger partial charge in [0.15, 0.2) is 0 Å². The summed E-state index contributed by atoms with van der Waals surface area (Å²) < 4.78 is 5.51. The lowest BCUT2D eigenvalue weighted by atomic mass is 10.0. The molecule has 3 nitrogen and oxygen atoms in total. The average molecular weight is 200 g/mol. The first-order chi connectivity index (χ1) is 6.72. The number of nitrogens with one attached hydrogen (secondary N) is 1. The summed E-state index contributed by atoms with van der Waals surface area (Å²) in [5.41, 5.74) is 0. The molecular formula is C11H24N2O. The molecule has 0 aromatic heterocycles. The molecular weight excluding hydrogens is 176 g/mol.